The number of benzene rings is 1. The van der Waals surface area contributed by atoms with Gasteiger partial charge in [0.15, 0.2) is 0 Å². The van der Waals surface area contributed by atoms with Gasteiger partial charge in [-0.1, -0.05) is 13.8 Å². The first kappa shape index (κ1) is 13.9. The van der Waals surface area contributed by atoms with Crippen molar-refractivity contribution in [3.05, 3.63) is 35.9 Å². The molecule has 0 saturated carbocycles. The third kappa shape index (κ3) is 3.01. The van der Waals surface area contributed by atoms with E-state index in [1.165, 1.54) is 11.3 Å². The third-order valence-corrected chi connectivity index (χ3v) is 3.88. The van der Waals surface area contributed by atoms with Crippen LogP contribution in [-0.4, -0.2) is 21.3 Å². The summed E-state index contributed by atoms with van der Waals surface area (Å²) < 4.78 is 2.02. The van der Waals surface area contributed by atoms with Gasteiger partial charge in [0.1, 0.15) is 12.2 Å². The van der Waals surface area contributed by atoms with Gasteiger partial charge in [0.05, 0.1) is 6.54 Å². The molecule has 5 heteroatoms. The molecule has 0 bridgehead atoms. The minimum Gasteiger partial charge on any atom is -0.399 e. The van der Waals surface area contributed by atoms with Gasteiger partial charge in [-0.25, -0.2) is 9.67 Å². The minimum absolute atomic E-state index is 0.568. The summed E-state index contributed by atoms with van der Waals surface area (Å²) in [6.07, 6.45) is 3.93. The van der Waals surface area contributed by atoms with Crippen LogP contribution in [0.15, 0.2) is 24.5 Å². The Kier molecular flexibility index (Phi) is 3.82. The van der Waals surface area contributed by atoms with Crippen molar-refractivity contribution in [2.24, 2.45) is 5.92 Å². The summed E-state index contributed by atoms with van der Waals surface area (Å²) in [6.45, 7) is 7.18. The predicted molar refractivity (Wildman–Crippen MR) is 85.1 cm³/mol. The highest BCUT2D eigenvalue weighted by Gasteiger charge is 2.19. The van der Waals surface area contributed by atoms with Crippen molar-refractivity contribution in [3.63, 3.8) is 0 Å². The van der Waals surface area contributed by atoms with E-state index in [2.05, 4.69) is 41.0 Å². The van der Waals surface area contributed by atoms with E-state index < -0.39 is 0 Å². The maximum atomic E-state index is 5.90. The van der Waals surface area contributed by atoms with Gasteiger partial charge in [-0.2, -0.15) is 5.10 Å². The fourth-order valence-electron chi connectivity index (χ4n) is 2.94. The van der Waals surface area contributed by atoms with Gasteiger partial charge in [-0.3, -0.25) is 0 Å². The Morgan fingerprint density at radius 3 is 3.00 bits per heavy atom. The molecule has 112 valence electrons. The van der Waals surface area contributed by atoms with Crippen LogP contribution >= 0.6 is 0 Å². The van der Waals surface area contributed by atoms with Gasteiger partial charge in [-0.05, 0) is 42.5 Å². The molecule has 2 N–H and O–H groups in total. The van der Waals surface area contributed by atoms with Gasteiger partial charge >= 0.3 is 0 Å². The van der Waals surface area contributed by atoms with E-state index in [0.717, 1.165) is 44.0 Å². The number of nitrogen functional groups attached to an aromatic ring is 1. The van der Waals surface area contributed by atoms with Crippen LogP contribution in [0.3, 0.4) is 0 Å². The Bertz CT molecular complexity index is 617. The molecule has 2 aromatic rings. The van der Waals surface area contributed by atoms with Gasteiger partial charge in [-0.15, -0.1) is 0 Å². The Balaban J connectivity index is 1.82. The molecule has 0 fully saturated rings. The summed E-state index contributed by atoms with van der Waals surface area (Å²) in [6, 6.07) is 6.21. The lowest BCUT2D eigenvalue weighted by molar-refractivity contribution is 0.462. The van der Waals surface area contributed by atoms with Crippen LogP contribution < -0.4 is 10.6 Å². The molecule has 0 aliphatic carbocycles. The van der Waals surface area contributed by atoms with Crippen molar-refractivity contribution >= 4 is 11.4 Å². The molecule has 0 radical (unpaired) electrons. The molecule has 1 aromatic heterocycles. The lowest BCUT2D eigenvalue weighted by atomic mass is 10.0. The summed E-state index contributed by atoms with van der Waals surface area (Å²) in [4.78, 5) is 6.83. The molecule has 1 aliphatic rings. The summed E-state index contributed by atoms with van der Waals surface area (Å²) in [5.41, 5.74) is 9.37. The number of anilines is 2. The first-order chi connectivity index (χ1) is 10.1. The first-order valence-corrected chi connectivity index (χ1v) is 7.63. The summed E-state index contributed by atoms with van der Waals surface area (Å²) in [5.74, 6) is 1.60. The zero-order valence-corrected chi connectivity index (χ0v) is 12.8. The molecule has 0 saturated heterocycles. The fraction of sp³-hybridized carbons (Fsp3) is 0.500. The van der Waals surface area contributed by atoms with Crippen LogP contribution in [0, 0.1) is 5.92 Å². The zero-order chi connectivity index (χ0) is 14.8. The third-order valence-electron chi connectivity index (χ3n) is 3.88. The number of hydrogen-bond acceptors (Lipinski definition) is 4. The number of fused-ring (bicyclic) bond motifs is 1. The lowest BCUT2D eigenvalue weighted by Gasteiger charge is -2.31. The highest BCUT2D eigenvalue weighted by Crippen LogP contribution is 2.29. The SMILES string of the molecule is CC(C)Cn1ncnc1CN1CCCc2cc(N)ccc21. The van der Waals surface area contributed by atoms with Gasteiger partial charge in [0.2, 0.25) is 0 Å². The molecule has 1 aromatic carbocycles. The van der Waals surface area contributed by atoms with E-state index in [9.17, 15) is 0 Å². The van der Waals surface area contributed by atoms with Crippen molar-refractivity contribution in [2.75, 3.05) is 17.2 Å². The summed E-state index contributed by atoms with van der Waals surface area (Å²) in [7, 11) is 0. The van der Waals surface area contributed by atoms with E-state index in [4.69, 9.17) is 5.73 Å². The number of rotatable bonds is 4. The lowest BCUT2D eigenvalue weighted by Crippen LogP contribution is -2.30. The van der Waals surface area contributed by atoms with Crippen LogP contribution in [0.5, 0.6) is 0 Å². The van der Waals surface area contributed by atoms with Crippen LogP contribution in [0.1, 0.15) is 31.7 Å². The normalized spacial score (nSPS) is 14.5. The van der Waals surface area contributed by atoms with E-state index in [1.54, 1.807) is 6.33 Å². The molecular formula is C16H23N5. The molecule has 3 rings (SSSR count). The molecule has 2 heterocycles. The monoisotopic (exact) mass is 285 g/mol. The molecule has 5 nitrogen and oxygen atoms in total. The summed E-state index contributed by atoms with van der Waals surface area (Å²) in [5, 5.41) is 4.35. The number of aromatic nitrogens is 3. The summed E-state index contributed by atoms with van der Waals surface area (Å²) >= 11 is 0. The molecular weight excluding hydrogens is 262 g/mol. The molecule has 0 amide bonds. The van der Waals surface area contributed by atoms with Crippen molar-refractivity contribution in [2.45, 2.75) is 39.8 Å². The highest BCUT2D eigenvalue weighted by molar-refractivity contribution is 5.61. The van der Waals surface area contributed by atoms with Crippen LogP contribution in [0.2, 0.25) is 0 Å². The van der Waals surface area contributed by atoms with E-state index in [-0.39, 0.29) is 0 Å². The Morgan fingerprint density at radius 1 is 1.33 bits per heavy atom. The van der Waals surface area contributed by atoms with Crippen molar-refractivity contribution in [1.82, 2.24) is 14.8 Å². The second kappa shape index (κ2) is 5.76. The molecule has 0 atom stereocenters. The van der Waals surface area contributed by atoms with Crippen molar-refractivity contribution in [3.8, 4) is 0 Å². The Labute approximate surface area is 125 Å². The largest absolute Gasteiger partial charge is 0.399 e. The molecule has 21 heavy (non-hydrogen) atoms. The predicted octanol–water partition coefficient (Wildman–Crippen LogP) is 2.47. The number of hydrogen-bond donors (Lipinski definition) is 1. The van der Waals surface area contributed by atoms with Gasteiger partial charge in [0, 0.05) is 24.5 Å². The molecule has 1 aliphatic heterocycles. The van der Waals surface area contributed by atoms with Gasteiger partial charge in [0.25, 0.3) is 0 Å². The van der Waals surface area contributed by atoms with Crippen molar-refractivity contribution < 1.29 is 0 Å². The number of aryl methyl sites for hydroxylation is 1. The maximum absolute atomic E-state index is 5.90. The van der Waals surface area contributed by atoms with Gasteiger partial charge < -0.3 is 10.6 Å². The molecule has 0 unspecified atom stereocenters. The number of nitrogens with two attached hydrogens (primary N) is 1. The second-order valence-corrected chi connectivity index (χ2v) is 6.17. The Hall–Kier alpha value is -2.04. The number of nitrogens with zero attached hydrogens (tertiary/aromatic N) is 4. The highest BCUT2D eigenvalue weighted by atomic mass is 15.3. The van der Waals surface area contributed by atoms with Crippen molar-refractivity contribution in [1.29, 1.82) is 0 Å². The van der Waals surface area contributed by atoms with Crippen LogP contribution in [0.25, 0.3) is 0 Å². The van der Waals surface area contributed by atoms with E-state index >= 15 is 0 Å². The standard InChI is InChI=1S/C16H23N5/c1-12(2)9-21-16(18-11-19-21)10-20-7-3-4-13-8-14(17)5-6-15(13)20/h5-6,8,11-12H,3-4,7,9-10,17H2,1-2H3. The maximum Gasteiger partial charge on any atom is 0.146 e. The fourth-order valence-corrected chi connectivity index (χ4v) is 2.94. The van der Waals surface area contributed by atoms with E-state index in [0.29, 0.717) is 5.92 Å². The van der Waals surface area contributed by atoms with E-state index in [1.807, 2.05) is 10.7 Å². The van der Waals surface area contributed by atoms with Crippen LogP contribution in [-0.2, 0) is 19.5 Å². The Morgan fingerprint density at radius 2 is 2.19 bits per heavy atom. The smallest absolute Gasteiger partial charge is 0.146 e. The molecule has 0 spiro atoms. The quantitative estimate of drug-likeness (QED) is 0.877. The van der Waals surface area contributed by atoms with Crippen LogP contribution in [0.4, 0.5) is 11.4 Å². The average molecular weight is 285 g/mol. The average Bonchev–Trinajstić information content (AvgIpc) is 2.85. The minimum atomic E-state index is 0.568. The first-order valence-electron chi connectivity index (χ1n) is 7.63. The second-order valence-electron chi connectivity index (χ2n) is 6.17. The zero-order valence-electron chi connectivity index (χ0n) is 12.8. The topological polar surface area (TPSA) is 60.0 Å².